The topological polar surface area (TPSA) is 58.6 Å². The molecule has 0 spiro atoms. The van der Waals surface area contributed by atoms with Crippen molar-refractivity contribution in [1.29, 1.82) is 0 Å². The van der Waals surface area contributed by atoms with Crippen molar-refractivity contribution in [3.8, 4) is 5.75 Å². The second-order valence-corrected chi connectivity index (χ2v) is 6.07. The summed E-state index contributed by atoms with van der Waals surface area (Å²) in [5.74, 6) is 0.514. The lowest BCUT2D eigenvalue weighted by molar-refractivity contribution is -0.137. The summed E-state index contributed by atoms with van der Waals surface area (Å²) in [5, 5.41) is 2.81. The van der Waals surface area contributed by atoms with Gasteiger partial charge in [-0.1, -0.05) is 6.07 Å². The van der Waals surface area contributed by atoms with Crippen LogP contribution in [0.25, 0.3) is 0 Å². The second-order valence-electron chi connectivity index (χ2n) is 6.07. The maximum absolute atomic E-state index is 12.4. The van der Waals surface area contributed by atoms with Crippen molar-refractivity contribution >= 4 is 11.8 Å². The quantitative estimate of drug-likeness (QED) is 0.905. The number of hydrogen-bond acceptors (Lipinski definition) is 3. The molecule has 0 aromatic heterocycles. The third-order valence-corrected chi connectivity index (χ3v) is 3.79. The zero-order chi connectivity index (χ0) is 16.3. The Morgan fingerprint density at radius 3 is 2.59 bits per heavy atom. The lowest BCUT2D eigenvalue weighted by atomic mass is 9.99. The summed E-state index contributed by atoms with van der Waals surface area (Å²) in [6.45, 7) is 8.57. The van der Waals surface area contributed by atoms with Crippen molar-refractivity contribution in [2.45, 2.75) is 46.2 Å². The van der Waals surface area contributed by atoms with Crippen molar-refractivity contribution in [3.05, 3.63) is 29.3 Å². The van der Waals surface area contributed by atoms with Crippen molar-refractivity contribution < 1.29 is 14.3 Å². The molecule has 1 N–H and O–H groups in total. The minimum Gasteiger partial charge on any atom is -0.483 e. The van der Waals surface area contributed by atoms with E-state index in [2.05, 4.69) is 5.32 Å². The largest absolute Gasteiger partial charge is 0.483 e. The number of benzene rings is 1. The third kappa shape index (κ3) is 3.40. The van der Waals surface area contributed by atoms with Gasteiger partial charge in [0.05, 0.1) is 0 Å². The Morgan fingerprint density at radius 1 is 1.27 bits per heavy atom. The number of nitrogens with zero attached hydrogens (tertiary/aromatic N) is 1. The predicted octanol–water partition coefficient (Wildman–Crippen LogP) is 2.00. The zero-order valence-electron chi connectivity index (χ0n) is 13.7. The van der Waals surface area contributed by atoms with E-state index in [0.717, 1.165) is 12.0 Å². The number of nitrogens with one attached hydrogen (secondary N) is 1. The molecule has 1 aromatic carbocycles. The lowest BCUT2D eigenvalue weighted by Gasteiger charge is -2.31. The van der Waals surface area contributed by atoms with Gasteiger partial charge in [0.15, 0.2) is 6.61 Å². The smallest absolute Gasteiger partial charge is 0.260 e. The predicted molar refractivity (Wildman–Crippen MR) is 85.1 cm³/mol. The highest BCUT2D eigenvalue weighted by atomic mass is 16.5. The normalized spacial score (nSPS) is 13.8. The first-order valence-corrected chi connectivity index (χ1v) is 7.76. The number of rotatable bonds is 5. The zero-order valence-corrected chi connectivity index (χ0v) is 13.7. The minimum atomic E-state index is -0.0796. The Bertz CT molecular complexity index is 559. The Hall–Kier alpha value is -2.04. The Kier molecular flexibility index (Phi) is 5.06. The van der Waals surface area contributed by atoms with Gasteiger partial charge < -0.3 is 15.0 Å². The molecular weight excluding hydrogens is 280 g/mol. The molecule has 0 aliphatic carbocycles. The number of carbonyl (C=O) groups excluding carboxylic acids is 2. The van der Waals surface area contributed by atoms with Gasteiger partial charge in [-0.05, 0) is 46.2 Å². The third-order valence-electron chi connectivity index (χ3n) is 3.79. The number of amides is 2. The average Bonchev–Trinajstić information content (AvgIpc) is 2.45. The number of hydrogen-bond donors (Lipinski definition) is 1. The van der Waals surface area contributed by atoms with Crippen LogP contribution in [0.5, 0.6) is 5.75 Å². The van der Waals surface area contributed by atoms with Crippen LogP contribution in [0, 0.1) is 0 Å². The minimum absolute atomic E-state index is 0.00552. The van der Waals surface area contributed by atoms with Crippen LogP contribution in [-0.2, 0) is 11.2 Å². The first kappa shape index (κ1) is 16.3. The van der Waals surface area contributed by atoms with E-state index in [1.807, 2.05) is 38.7 Å². The molecule has 1 heterocycles. The monoisotopic (exact) mass is 304 g/mol. The van der Waals surface area contributed by atoms with Crippen LogP contribution in [0.15, 0.2) is 18.2 Å². The first-order chi connectivity index (χ1) is 10.4. The fourth-order valence-corrected chi connectivity index (χ4v) is 2.95. The summed E-state index contributed by atoms with van der Waals surface area (Å²) in [6, 6.07) is 5.65. The van der Waals surface area contributed by atoms with Crippen molar-refractivity contribution in [2.75, 3.05) is 13.2 Å². The number of carbonyl (C=O) groups is 2. The van der Waals surface area contributed by atoms with E-state index in [9.17, 15) is 9.59 Å². The molecule has 1 aliphatic heterocycles. The van der Waals surface area contributed by atoms with Gasteiger partial charge in [-0.2, -0.15) is 0 Å². The van der Waals surface area contributed by atoms with E-state index in [4.69, 9.17) is 4.74 Å². The van der Waals surface area contributed by atoms with E-state index in [0.29, 0.717) is 17.9 Å². The van der Waals surface area contributed by atoms with Gasteiger partial charge in [-0.25, -0.2) is 0 Å². The van der Waals surface area contributed by atoms with Gasteiger partial charge in [0, 0.05) is 29.8 Å². The maximum atomic E-state index is 12.4. The SMILES string of the molecule is CC(C)N(C(=O)COc1cccc2c1CCNC2=O)C(C)C. The van der Waals surface area contributed by atoms with E-state index < -0.39 is 0 Å². The van der Waals surface area contributed by atoms with E-state index >= 15 is 0 Å². The molecule has 0 bridgehead atoms. The summed E-state index contributed by atoms with van der Waals surface area (Å²) >= 11 is 0. The highest BCUT2D eigenvalue weighted by Crippen LogP contribution is 2.25. The van der Waals surface area contributed by atoms with Gasteiger partial charge in [0.1, 0.15) is 5.75 Å². The Labute approximate surface area is 131 Å². The first-order valence-electron chi connectivity index (χ1n) is 7.76. The second kappa shape index (κ2) is 6.81. The van der Waals surface area contributed by atoms with Gasteiger partial charge >= 0.3 is 0 Å². The van der Waals surface area contributed by atoms with Crippen LogP contribution in [-0.4, -0.2) is 41.9 Å². The van der Waals surface area contributed by atoms with Gasteiger partial charge in [-0.3, -0.25) is 9.59 Å². The molecule has 1 aromatic rings. The summed E-state index contributed by atoms with van der Waals surface area (Å²) in [7, 11) is 0. The van der Waals surface area contributed by atoms with Crippen LogP contribution in [0.3, 0.4) is 0 Å². The van der Waals surface area contributed by atoms with E-state index in [1.54, 1.807) is 12.1 Å². The van der Waals surface area contributed by atoms with Crippen molar-refractivity contribution in [3.63, 3.8) is 0 Å². The van der Waals surface area contributed by atoms with E-state index in [-0.39, 0.29) is 30.5 Å². The fourth-order valence-electron chi connectivity index (χ4n) is 2.95. The van der Waals surface area contributed by atoms with Crippen LogP contribution in [0.4, 0.5) is 0 Å². The standard InChI is InChI=1S/C17H24N2O3/c1-11(2)19(12(3)4)16(20)10-22-15-7-5-6-14-13(15)8-9-18-17(14)21/h5-7,11-12H,8-10H2,1-4H3,(H,18,21). The van der Waals surface area contributed by atoms with Crippen LogP contribution in [0.2, 0.25) is 0 Å². The summed E-state index contributed by atoms with van der Waals surface area (Å²) < 4.78 is 5.72. The van der Waals surface area contributed by atoms with Gasteiger partial charge in [-0.15, -0.1) is 0 Å². The maximum Gasteiger partial charge on any atom is 0.260 e. The molecule has 2 rings (SSSR count). The molecule has 5 heteroatoms. The summed E-state index contributed by atoms with van der Waals surface area (Å²) in [5.41, 5.74) is 1.53. The molecule has 0 atom stereocenters. The van der Waals surface area contributed by atoms with Gasteiger partial charge in [0.25, 0.3) is 11.8 Å². The molecule has 0 saturated carbocycles. The molecule has 120 valence electrons. The average molecular weight is 304 g/mol. The van der Waals surface area contributed by atoms with Crippen LogP contribution in [0.1, 0.15) is 43.6 Å². The lowest BCUT2D eigenvalue weighted by Crippen LogP contribution is -2.44. The summed E-state index contributed by atoms with van der Waals surface area (Å²) in [6.07, 6.45) is 0.726. The van der Waals surface area contributed by atoms with Crippen LogP contribution >= 0.6 is 0 Å². The van der Waals surface area contributed by atoms with E-state index in [1.165, 1.54) is 0 Å². The Balaban J connectivity index is 2.11. The molecule has 0 radical (unpaired) electrons. The Morgan fingerprint density at radius 2 is 1.95 bits per heavy atom. The summed E-state index contributed by atoms with van der Waals surface area (Å²) in [4.78, 5) is 26.0. The number of ether oxygens (including phenoxy) is 1. The molecule has 0 saturated heterocycles. The van der Waals surface area contributed by atoms with Crippen molar-refractivity contribution in [1.82, 2.24) is 10.2 Å². The molecule has 22 heavy (non-hydrogen) atoms. The van der Waals surface area contributed by atoms with Crippen LogP contribution < -0.4 is 10.1 Å². The molecule has 1 aliphatic rings. The molecule has 5 nitrogen and oxygen atoms in total. The molecule has 0 fully saturated rings. The highest BCUT2D eigenvalue weighted by Gasteiger charge is 2.23. The van der Waals surface area contributed by atoms with Gasteiger partial charge in [0.2, 0.25) is 0 Å². The molecule has 0 unspecified atom stereocenters. The molecular formula is C17H24N2O3. The fraction of sp³-hybridized carbons (Fsp3) is 0.529. The molecule has 2 amide bonds. The van der Waals surface area contributed by atoms with Crippen molar-refractivity contribution in [2.24, 2.45) is 0 Å². The highest BCUT2D eigenvalue weighted by molar-refractivity contribution is 5.97. The number of fused-ring (bicyclic) bond motifs is 1.